The quantitative estimate of drug-likeness (QED) is 0.346. The Morgan fingerprint density at radius 1 is 1.14 bits per heavy atom. The van der Waals surface area contributed by atoms with Gasteiger partial charge in [0.25, 0.3) is 5.91 Å². The second kappa shape index (κ2) is 9.25. The smallest absolute Gasteiger partial charge is 0.329 e. The van der Waals surface area contributed by atoms with Crippen LogP contribution in [0.3, 0.4) is 0 Å². The number of rotatable bonds is 8. The lowest BCUT2D eigenvalue weighted by Crippen LogP contribution is -2.34. The molecule has 0 bridgehead atoms. The van der Waals surface area contributed by atoms with Gasteiger partial charge in [0.05, 0.1) is 13.2 Å². The number of hydrogen-bond donors (Lipinski definition) is 0. The van der Waals surface area contributed by atoms with Crippen molar-refractivity contribution < 1.29 is 40.5 Å². The number of amides is 1. The maximum absolute atomic E-state index is 12.5. The summed E-state index contributed by atoms with van der Waals surface area (Å²) >= 11 is 0. The van der Waals surface area contributed by atoms with Gasteiger partial charge in [-0.25, -0.2) is 5.06 Å². The Kier molecular flexibility index (Phi) is 7.22. The molecule has 2 rings (SSSR count). The van der Waals surface area contributed by atoms with Gasteiger partial charge in [0.1, 0.15) is 6.42 Å². The molecule has 1 heterocycles. The Hall–Kier alpha value is -2.63. The van der Waals surface area contributed by atoms with Gasteiger partial charge in [0.2, 0.25) is 5.82 Å². The van der Waals surface area contributed by atoms with Crippen LogP contribution >= 0.6 is 0 Å². The van der Waals surface area contributed by atoms with E-state index in [1.807, 2.05) is 6.92 Å². The minimum atomic E-state index is -4.78. The summed E-state index contributed by atoms with van der Waals surface area (Å²) in [5.41, 5.74) is 0.605. The average molecular weight is 425 g/mol. The normalized spacial score (nSPS) is 12.2. The standard InChI is InChI=1S/C17H17F6N3O3/c1-2-3-8-28-26(13(27)9-16(18,19)20)10-11-4-6-12(7-5-11)14-24-15(29-25-14)17(21,22)23/h4-7H,2-3,8-10H2,1H3. The minimum Gasteiger partial charge on any atom is -0.329 e. The SMILES string of the molecule is CCCCON(Cc1ccc(-c2noc(C(F)(F)F)n2)cc1)C(=O)CC(F)(F)F. The number of nitrogens with zero attached hydrogens (tertiary/aromatic N) is 3. The molecule has 1 aromatic heterocycles. The zero-order valence-corrected chi connectivity index (χ0v) is 15.2. The minimum absolute atomic E-state index is 0.0707. The molecule has 2 aromatic rings. The van der Waals surface area contributed by atoms with Gasteiger partial charge in [0.15, 0.2) is 0 Å². The zero-order chi connectivity index (χ0) is 21.7. The van der Waals surface area contributed by atoms with Crippen LogP contribution in [0, 0.1) is 0 Å². The number of carbonyl (C=O) groups excluding carboxylic acids is 1. The average Bonchev–Trinajstić information content (AvgIpc) is 3.10. The third kappa shape index (κ3) is 7.04. The number of carbonyl (C=O) groups is 1. The molecular formula is C17H17F6N3O3. The first kappa shape index (κ1) is 22.7. The summed E-state index contributed by atoms with van der Waals surface area (Å²) in [6.07, 6.45) is -9.85. The van der Waals surface area contributed by atoms with Crippen molar-refractivity contribution in [2.45, 2.75) is 45.1 Å². The van der Waals surface area contributed by atoms with E-state index in [4.69, 9.17) is 4.84 Å². The number of halogens is 6. The van der Waals surface area contributed by atoms with Crippen LogP contribution in [-0.4, -0.2) is 33.9 Å². The monoisotopic (exact) mass is 425 g/mol. The van der Waals surface area contributed by atoms with E-state index in [1.165, 1.54) is 24.3 Å². The van der Waals surface area contributed by atoms with Crippen molar-refractivity contribution in [3.8, 4) is 11.4 Å². The van der Waals surface area contributed by atoms with Crippen LogP contribution in [0.25, 0.3) is 11.4 Å². The first-order valence-electron chi connectivity index (χ1n) is 8.50. The van der Waals surface area contributed by atoms with Gasteiger partial charge >= 0.3 is 18.2 Å². The van der Waals surface area contributed by atoms with Crippen molar-refractivity contribution in [3.63, 3.8) is 0 Å². The van der Waals surface area contributed by atoms with E-state index in [0.29, 0.717) is 17.0 Å². The fraction of sp³-hybridized carbons (Fsp3) is 0.471. The van der Waals surface area contributed by atoms with Crippen molar-refractivity contribution >= 4 is 5.91 Å². The number of unbranched alkanes of at least 4 members (excludes halogenated alkanes) is 1. The predicted octanol–water partition coefficient (Wildman–Crippen LogP) is 4.77. The maximum Gasteiger partial charge on any atom is 0.471 e. The summed E-state index contributed by atoms with van der Waals surface area (Å²) in [5, 5.41) is 3.87. The van der Waals surface area contributed by atoms with E-state index in [1.54, 1.807) is 0 Å². The van der Waals surface area contributed by atoms with Crippen LogP contribution in [0.4, 0.5) is 26.3 Å². The first-order chi connectivity index (χ1) is 13.5. The molecule has 0 saturated carbocycles. The van der Waals surface area contributed by atoms with Crippen LogP contribution in [0.5, 0.6) is 0 Å². The van der Waals surface area contributed by atoms with E-state index in [0.717, 1.165) is 6.42 Å². The zero-order valence-electron chi connectivity index (χ0n) is 15.2. The molecule has 0 fully saturated rings. The Balaban J connectivity index is 2.10. The Morgan fingerprint density at radius 2 is 1.79 bits per heavy atom. The van der Waals surface area contributed by atoms with Crippen molar-refractivity contribution in [1.29, 1.82) is 0 Å². The van der Waals surface area contributed by atoms with Gasteiger partial charge < -0.3 is 4.52 Å². The van der Waals surface area contributed by atoms with Gasteiger partial charge in [-0.15, -0.1) is 0 Å². The fourth-order valence-corrected chi connectivity index (χ4v) is 2.17. The maximum atomic E-state index is 12.5. The Labute approximate surface area is 161 Å². The molecule has 1 amide bonds. The van der Waals surface area contributed by atoms with Crippen LogP contribution < -0.4 is 0 Å². The molecule has 29 heavy (non-hydrogen) atoms. The Morgan fingerprint density at radius 3 is 2.31 bits per heavy atom. The molecule has 0 aliphatic heterocycles. The predicted molar refractivity (Wildman–Crippen MR) is 86.8 cm³/mol. The molecule has 0 radical (unpaired) electrons. The first-order valence-corrected chi connectivity index (χ1v) is 8.50. The highest BCUT2D eigenvalue weighted by Crippen LogP contribution is 2.29. The topological polar surface area (TPSA) is 68.5 Å². The van der Waals surface area contributed by atoms with E-state index in [-0.39, 0.29) is 24.5 Å². The molecule has 12 heteroatoms. The second-order valence-corrected chi connectivity index (χ2v) is 6.03. The summed E-state index contributed by atoms with van der Waals surface area (Å²) in [7, 11) is 0. The van der Waals surface area contributed by atoms with Gasteiger partial charge in [-0.3, -0.25) is 9.63 Å². The fourth-order valence-electron chi connectivity index (χ4n) is 2.17. The highest BCUT2D eigenvalue weighted by Gasteiger charge is 2.38. The molecule has 160 valence electrons. The lowest BCUT2D eigenvalue weighted by atomic mass is 10.1. The third-order valence-corrected chi connectivity index (χ3v) is 3.58. The van der Waals surface area contributed by atoms with Gasteiger partial charge in [-0.05, 0) is 12.0 Å². The number of aromatic nitrogens is 2. The second-order valence-electron chi connectivity index (χ2n) is 6.03. The summed E-state index contributed by atoms with van der Waals surface area (Å²) in [4.78, 5) is 20.3. The van der Waals surface area contributed by atoms with E-state index in [9.17, 15) is 31.1 Å². The molecule has 1 aromatic carbocycles. The Bertz CT molecular complexity index is 802. The van der Waals surface area contributed by atoms with Crippen molar-refractivity contribution in [1.82, 2.24) is 15.2 Å². The molecule has 0 aliphatic rings. The number of hydrogen-bond acceptors (Lipinski definition) is 5. The summed E-state index contributed by atoms with van der Waals surface area (Å²) in [6, 6.07) is 5.55. The highest BCUT2D eigenvalue weighted by molar-refractivity contribution is 5.75. The van der Waals surface area contributed by atoms with Gasteiger partial charge in [-0.2, -0.15) is 31.3 Å². The van der Waals surface area contributed by atoms with E-state index < -0.39 is 30.6 Å². The largest absolute Gasteiger partial charge is 0.471 e. The third-order valence-electron chi connectivity index (χ3n) is 3.58. The molecule has 6 nitrogen and oxygen atoms in total. The van der Waals surface area contributed by atoms with Crippen molar-refractivity contribution in [2.75, 3.05) is 6.61 Å². The van der Waals surface area contributed by atoms with E-state index >= 15 is 0 Å². The summed E-state index contributed by atoms with van der Waals surface area (Å²) < 4.78 is 79.2. The number of alkyl halides is 6. The van der Waals surface area contributed by atoms with Crippen LogP contribution in [-0.2, 0) is 22.4 Å². The highest BCUT2D eigenvalue weighted by atomic mass is 19.4. The number of hydroxylamine groups is 2. The summed E-state index contributed by atoms with van der Waals surface area (Å²) in [6.45, 7) is 1.66. The van der Waals surface area contributed by atoms with Gasteiger partial charge in [0, 0.05) is 5.56 Å². The van der Waals surface area contributed by atoms with Gasteiger partial charge in [-0.1, -0.05) is 42.8 Å². The molecule has 0 saturated heterocycles. The molecule has 0 atom stereocenters. The van der Waals surface area contributed by atoms with Crippen molar-refractivity contribution in [3.05, 3.63) is 35.7 Å². The molecule has 0 spiro atoms. The van der Waals surface area contributed by atoms with Crippen molar-refractivity contribution in [2.24, 2.45) is 0 Å². The molecule has 0 N–H and O–H groups in total. The molecular weight excluding hydrogens is 408 g/mol. The lowest BCUT2D eigenvalue weighted by molar-refractivity contribution is -0.206. The summed E-state index contributed by atoms with van der Waals surface area (Å²) in [5.74, 6) is -3.04. The van der Waals surface area contributed by atoms with Crippen LogP contribution in [0.1, 0.15) is 37.6 Å². The lowest BCUT2D eigenvalue weighted by Gasteiger charge is -2.22. The van der Waals surface area contributed by atoms with Crippen LogP contribution in [0.15, 0.2) is 28.8 Å². The number of benzene rings is 1. The van der Waals surface area contributed by atoms with E-state index in [2.05, 4.69) is 14.7 Å². The molecule has 0 aliphatic carbocycles. The van der Waals surface area contributed by atoms with Crippen LogP contribution in [0.2, 0.25) is 0 Å². The molecule has 0 unspecified atom stereocenters.